The first-order valence-corrected chi connectivity index (χ1v) is 5.53. The van der Waals surface area contributed by atoms with Crippen LogP contribution in [0.2, 0.25) is 0 Å². The molecule has 8 heteroatoms. The van der Waals surface area contributed by atoms with E-state index in [1.807, 2.05) is 0 Å². The van der Waals surface area contributed by atoms with E-state index in [1.165, 1.54) is 0 Å². The molecule has 0 heterocycles. The molecule has 2 rings (SSSR count). The van der Waals surface area contributed by atoms with E-state index < -0.39 is 45.3 Å². The molecule has 0 aromatic heterocycles. The molecule has 0 amide bonds. The summed E-state index contributed by atoms with van der Waals surface area (Å²) < 4.78 is 31.8. The minimum atomic E-state index is -1.48. The molecule has 0 saturated carbocycles. The number of nitrogens with zero attached hydrogens (tertiary/aromatic N) is 1. The quantitative estimate of drug-likeness (QED) is 0.690. The lowest BCUT2D eigenvalue weighted by molar-refractivity contribution is -0.385. The molecular weight excluding hydrogens is 288 g/mol. The lowest BCUT2D eigenvalue weighted by Gasteiger charge is -2.10. The summed E-state index contributed by atoms with van der Waals surface area (Å²) in [6.07, 6.45) is 0. The van der Waals surface area contributed by atoms with Gasteiger partial charge in [0.2, 0.25) is 5.75 Å². The van der Waals surface area contributed by atoms with Crippen LogP contribution >= 0.6 is 0 Å². The van der Waals surface area contributed by atoms with Crippen LogP contribution in [0.1, 0.15) is 10.4 Å². The third-order valence-electron chi connectivity index (χ3n) is 2.53. The number of carboxylic acid groups (broad SMARTS) is 1. The van der Waals surface area contributed by atoms with E-state index in [2.05, 4.69) is 0 Å². The number of carbonyl (C=O) groups is 1. The number of hydrogen-bond acceptors (Lipinski definition) is 4. The van der Waals surface area contributed by atoms with Gasteiger partial charge in [-0.05, 0) is 18.2 Å². The summed E-state index contributed by atoms with van der Waals surface area (Å²) in [6, 6.07) is 5.48. The molecule has 108 valence electrons. The Balaban J connectivity index is 2.55. The molecule has 1 N–H and O–H groups in total. The van der Waals surface area contributed by atoms with Gasteiger partial charge in [-0.2, -0.15) is 0 Å². The summed E-state index contributed by atoms with van der Waals surface area (Å²) in [6.45, 7) is 0. The van der Waals surface area contributed by atoms with Gasteiger partial charge in [0, 0.05) is 12.1 Å². The first-order chi connectivity index (χ1) is 9.90. The van der Waals surface area contributed by atoms with E-state index in [0.29, 0.717) is 6.07 Å². The second-order valence-electron chi connectivity index (χ2n) is 3.89. The number of ether oxygens (including phenoxy) is 1. The van der Waals surface area contributed by atoms with E-state index in [0.717, 1.165) is 30.3 Å². The van der Waals surface area contributed by atoms with Crippen molar-refractivity contribution in [1.82, 2.24) is 0 Å². The molecule has 0 spiro atoms. The van der Waals surface area contributed by atoms with Gasteiger partial charge in [-0.15, -0.1) is 0 Å². The van der Waals surface area contributed by atoms with Crippen molar-refractivity contribution in [3.63, 3.8) is 0 Å². The van der Waals surface area contributed by atoms with Gasteiger partial charge in [0.25, 0.3) is 0 Å². The third-order valence-corrected chi connectivity index (χ3v) is 2.53. The largest absolute Gasteiger partial charge is 0.478 e. The number of carboxylic acids is 1. The Morgan fingerprint density at radius 2 is 1.95 bits per heavy atom. The SMILES string of the molecule is O=C(O)c1cccc(F)c1Oc1cc(F)ccc1[N+](=O)[O-]. The Morgan fingerprint density at radius 3 is 2.57 bits per heavy atom. The summed E-state index contributed by atoms with van der Waals surface area (Å²) in [5.74, 6) is -4.67. The van der Waals surface area contributed by atoms with E-state index in [-0.39, 0.29) is 0 Å². The summed E-state index contributed by atoms with van der Waals surface area (Å²) >= 11 is 0. The number of aromatic carboxylic acids is 1. The maximum atomic E-state index is 13.7. The zero-order valence-electron chi connectivity index (χ0n) is 10.2. The van der Waals surface area contributed by atoms with Crippen LogP contribution in [-0.4, -0.2) is 16.0 Å². The highest BCUT2D eigenvalue weighted by Gasteiger charge is 2.22. The maximum Gasteiger partial charge on any atom is 0.339 e. The van der Waals surface area contributed by atoms with Crippen molar-refractivity contribution in [1.29, 1.82) is 0 Å². The van der Waals surface area contributed by atoms with Crippen LogP contribution in [0.4, 0.5) is 14.5 Å². The molecule has 0 saturated heterocycles. The summed E-state index contributed by atoms with van der Waals surface area (Å²) in [4.78, 5) is 21.0. The van der Waals surface area contributed by atoms with Crippen LogP contribution in [0.5, 0.6) is 11.5 Å². The van der Waals surface area contributed by atoms with Gasteiger partial charge in [0.05, 0.1) is 4.92 Å². The Morgan fingerprint density at radius 1 is 1.24 bits per heavy atom. The smallest absolute Gasteiger partial charge is 0.339 e. The fourth-order valence-electron chi connectivity index (χ4n) is 1.61. The first kappa shape index (κ1) is 14.4. The van der Waals surface area contributed by atoms with Gasteiger partial charge >= 0.3 is 11.7 Å². The molecule has 2 aromatic carbocycles. The summed E-state index contributed by atoms with van der Waals surface area (Å²) in [5, 5.41) is 19.8. The predicted octanol–water partition coefficient (Wildman–Crippen LogP) is 3.36. The third kappa shape index (κ3) is 2.94. The molecule has 21 heavy (non-hydrogen) atoms. The first-order valence-electron chi connectivity index (χ1n) is 5.53. The van der Waals surface area contributed by atoms with Gasteiger partial charge in [-0.1, -0.05) is 6.07 Å². The second kappa shape index (κ2) is 5.53. The molecule has 0 aliphatic heterocycles. The lowest BCUT2D eigenvalue weighted by atomic mass is 10.2. The standard InChI is InChI=1S/C13H7F2NO5/c14-7-4-5-10(16(19)20)11(6-7)21-12-8(13(17)18)2-1-3-9(12)15/h1-6H,(H,17,18). The molecule has 0 aliphatic carbocycles. The maximum absolute atomic E-state index is 13.7. The van der Waals surface area contributed by atoms with Crippen molar-refractivity contribution in [3.8, 4) is 11.5 Å². The predicted molar refractivity (Wildman–Crippen MR) is 66.5 cm³/mol. The van der Waals surface area contributed by atoms with Gasteiger partial charge in [0.15, 0.2) is 11.6 Å². The zero-order chi connectivity index (χ0) is 15.6. The highest BCUT2D eigenvalue weighted by atomic mass is 19.1. The molecule has 0 aliphatic rings. The molecule has 0 fully saturated rings. The van der Waals surface area contributed by atoms with Crippen molar-refractivity contribution in [2.45, 2.75) is 0 Å². The molecule has 0 atom stereocenters. The topological polar surface area (TPSA) is 89.7 Å². The minimum absolute atomic E-state index is 0.534. The molecule has 2 aromatic rings. The summed E-state index contributed by atoms with van der Waals surface area (Å²) in [7, 11) is 0. The number of rotatable bonds is 4. The van der Waals surface area contributed by atoms with Crippen molar-refractivity contribution < 1.29 is 28.3 Å². The van der Waals surface area contributed by atoms with Gasteiger partial charge in [-0.3, -0.25) is 10.1 Å². The van der Waals surface area contributed by atoms with Crippen molar-refractivity contribution in [3.05, 3.63) is 63.7 Å². The van der Waals surface area contributed by atoms with Gasteiger partial charge in [-0.25, -0.2) is 13.6 Å². The van der Waals surface area contributed by atoms with Crippen molar-refractivity contribution in [2.24, 2.45) is 0 Å². The van der Waals surface area contributed by atoms with Crippen LogP contribution in [0, 0.1) is 21.7 Å². The Labute approximate surface area is 116 Å². The molecule has 6 nitrogen and oxygen atoms in total. The van der Waals surface area contributed by atoms with Crippen LogP contribution in [-0.2, 0) is 0 Å². The van der Waals surface area contributed by atoms with E-state index in [9.17, 15) is 23.7 Å². The number of hydrogen-bond donors (Lipinski definition) is 1. The Bertz CT molecular complexity index is 732. The van der Waals surface area contributed by atoms with Crippen LogP contribution in [0.15, 0.2) is 36.4 Å². The normalized spacial score (nSPS) is 10.2. The van der Waals surface area contributed by atoms with E-state index in [1.54, 1.807) is 0 Å². The highest BCUT2D eigenvalue weighted by molar-refractivity contribution is 5.91. The number of para-hydroxylation sites is 1. The van der Waals surface area contributed by atoms with Gasteiger partial charge < -0.3 is 9.84 Å². The second-order valence-corrected chi connectivity index (χ2v) is 3.89. The average Bonchev–Trinajstić information content (AvgIpc) is 2.40. The fourth-order valence-corrected chi connectivity index (χ4v) is 1.61. The van der Waals surface area contributed by atoms with E-state index >= 15 is 0 Å². The van der Waals surface area contributed by atoms with E-state index in [4.69, 9.17) is 9.84 Å². The number of nitro groups is 1. The minimum Gasteiger partial charge on any atom is -0.478 e. The number of nitro benzene ring substituents is 1. The lowest BCUT2D eigenvalue weighted by Crippen LogP contribution is -2.03. The number of halogens is 2. The molecule has 0 radical (unpaired) electrons. The molecular formula is C13H7F2NO5. The van der Waals surface area contributed by atoms with Crippen LogP contribution in [0.3, 0.4) is 0 Å². The van der Waals surface area contributed by atoms with Crippen molar-refractivity contribution >= 4 is 11.7 Å². The fraction of sp³-hybridized carbons (Fsp3) is 0. The highest BCUT2D eigenvalue weighted by Crippen LogP contribution is 2.34. The van der Waals surface area contributed by atoms with Gasteiger partial charge in [0.1, 0.15) is 11.4 Å². The molecule has 0 bridgehead atoms. The Kier molecular flexibility index (Phi) is 3.79. The van der Waals surface area contributed by atoms with Crippen LogP contribution < -0.4 is 4.74 Å². The van der Waals surface area contributed by atoms with Crippen LogP contribution in [0.25, 0.3) is 0 Å². The summed E-state index contributed by atoms with van der Waals surface area (Å²) in [5.41, 5.74) is -1.15. The zero-order valence-corrected chi connectivity index (χ0v) is 10.2. The number of benzene rings is 2. The molecule has 0 unspecified atom stereocenters. The average molecular weight is 295 g/mol. The monoisotopic (exact) mass is 295 g/mol. The van der Waals surface area contributed by atoms with Crippen molar-refractivity contribution in [2.75, 3.05) is 0 Å². The Hall–Kier alpha value is -3.03.